The van der Waals surface area contributed by atoms with Crippen LogP contribution in [0, 0.1) is 28.6 Å². The molecular weight excluding hydrogens is 327 g/mol. The lowest BCUT2D eigenvalue weighted by molar-refractivity contribution is -0.115. The number of carbonyl (C=O) groups is 1. The molecule has 0 aromatic heterocycles. The third kappa shape index (κ3) is 2.54. The highest BCUT2D eigenvalue weighted by Crippen LogP contribution is 2.65. The number of hydrogen-bond acceptors (Lipinski definition) is 3. The summed E-state index contributed by atoms with van der Waals surface area (Å²) in [5.41, 5.74) is 3.08. The lowest BCUT2D eigenvalue weighted by Crippen LogP contribution is -2.49. The molecule has 0 unspecified atom stereocenters. The van der Waals surface area contributed by atoms with E-state index in [0.717, 1.165) is 49.6 Å². The Bertz CT molecular complexity index is 662. The summed E-state index contributed by atoms with van der Waals surface area (Å²) in [6.45, 7) is 6.88. The molecule has 0 spiro atoms. The summed E-state index contributed by atoms with van der Waals surface area (Å²) in [6, 6.07) is 0. The van der Waals surface area contributed by atoms with Gasteiger partial charge in [0.15, 0.2) is 5.78 Å². The van der Waals surface area contributed by atoms with Crippen molar-refractivity contribution >= 4 is 24.8 Å². The molecule has 135 valence electrons. The number of rotatable bonds is 3. The summed E-state index contributed by atoms with van der Waals surface area (Å²) < 4.78 is 12.9. The molecule has 4 aliphatic carbocycles. The second-order valence-corrected chi connectivity index (χ2v) is 9.49. The van der Waals surface area contributed by atoms with Crippen LogP contribution < -0.4 is 0 Å². The Labute approximate surface area is 159 Å². The van der Waals surface area contributed by atoms with Gasteiger partial charge in [0, 0.05) is 6.42 Å². The van der Waals surface area contributed by atoms with Gasteiger partial charge in [-0.25, -0.2) is 0 Å². The van der Waals surface area contributed by atoms with Crippen molar-refractivity contribution in [2.45, 2.75) is 71.8 Å². The number of hydrogen-bond donors (Lipinski definition) is 0. The fourth-order valence-corrected chi connectivity index (χ4v) is 7.26. The molecule has 3 fully saturated rings. The van der Waals surface area contributed by atoms with Gasteiger partial charge in [0.25, 0.3) is 0 Å². The van der Waals surface area contributed by atoms with Crippen molar-refractivity contribution in [3.63, 3.8) is 0 Å². The van der Waals surface area contributed by atoms with Crippen LogP contribution in [-0.4, -0.2) is 20.3 Å². The first-order chi connectivity index (χ1) is 12.4. The van der Waals surface area contributed by atoms with Crippen LogP contribution >= 0.6 is 11.9 Å². The smallest absolute Gasteiger partial charge is 0.209 e. The molecule has 3 saturated carbocycles. The highest BCUT2D eigenvalue weighted by molar-refractivity contribution is 8.15. The van der Waals surface area contributed by atoms with Crippen molar-refractivity contribution in [1.29, 1.82) is 1.34 Å². The summed E-state index contributed by atoms with van der Waals surface area (Å²) in [5, 5.41) is 0. The molecular formula is C21H30BO2S. The quantitative estimate of drug-likeness (QED) is 0.310. The van der Waals surface area contributed by atoms with Crippen LogP contribution in [0.15, 0.2) is 23.3 Å². The third-order valence-electron chi connectivity index (χ3n) is 8.25. The minimum Gasteiger partial charge on any atom is -0.325 e. The van der Waals surface area contributed by atoms with Crippen molar-refractivity contribution in [1.82, 2.24) is 0 Å². The maximum Gasteiger partial charge on any atom is 0.209 e. The van der Waals surface area contributed by atoms with Crippen molar-refractivity contribution < 1.29 is 8.98 Å². The molecule has 0 aromatic carbocycles. The van der Waals surface area contributed by atoms with Crippen LogP contribution in [-0.2, 0) is 8.98 Å². The van der Waals surface area contributed by atoms with Gasteiger partial charge in [-0.1, -0.05) is 43.5 Å². The zero-order valence-corrected chi connectivity index (χ0v) is 16.5. The van der Waals surface area contributed by atoms with E-state index in [2.05, 4.69) is 26.0 Å². The topological polar surface area (TPSA) is 26.3 Å². The van der Waals surface area contributed by atoms with Crippen LogP contribution in [0.25, 0.3) is 0 Å². The van der Waals surface area contributed by atoms with E-state index in [0.29, 0.717) is 23.5 Å². The zero-order valence-electron chi connectivity index (χ0n) is 16.7. The Morgan fingerprint density at radius 2 is 2.08 bits per heavy atom. The van der Waals surface area contributed by atoms with Gasteiger partial charge in [-0.2, -0.15) is 0 Å². The van der Waals surface area contributed by atoms with Crippen LogP contribution in [0.5, 0.6) is 0 Å². The van der Waals surface area contributed by atoms with Gasteiger partial charge in [-0.15, -0.1) is 0 Å². The SMILES string of the molecule is [3H][B]SO[C@H]1CC[C@@]2(C)C(=CC[C@@H]3[C@@H]2CC[C@]2(C)C(=CC)C(=O)C[C@@H]32)C1. The van der Waals surface area contributed by atoms with Gasteiger partial charge in [0.05, 0.1) is 6.10 Å². The number of carbonyl (C=O) groups excluding carboxylic acids is 1. The fraction of sp³-hybridized carbons (Fsp3) is 0.762. The predicted octanol–water partition coefficient (Wildman–Crippen LogP) is 4.92. The lowest BCUT2D eigenvalue weighted by atomic mass is 9.48. The molecule has 4 aliphatic rings. The van der Waals surface area contributed by atoms with E-state index in [4.69, 9.17) is 5.52 Å². The minimum absolute atomic E-state index is 0.107. The standard InChI is InChI=1S/C21H30BO2S/c1-4-16-19(23)12-18-15-6-5-13-11-14(24-25-22)7-9-20(13,2)17(15)8-10-21(16,18)3/h4-5,14-15,17-18,22H,6-12H2,1-3H3/t14-,15+,17-,18-,20-,21+/m0/s1/i22T. The Morgan fingerprint density at radius 3 is 2.84 bits per heavy atom. The Morgan fingerprint density at radius 1 is 1.28 bits per heavy atom. The molecule has 0 heterocycles. The summed E-state index contributed by atoms with van der Waals surface area (Å²) >= 11 is 1.16. The van der Waals surface area contributed by atoms with Crippen LogP contribution in [0.3, 0.4) is 0 Å². The fourth-order valence-electron chi connectivity index (χ4n) is 6.94. The first kappa shape index (κ1) is 16.7. The Balaban J connectivity index is 1.59. The number of fused-ring (bicyclic) bond motifs is 5. The highest BCUT2D eigenvalue weighted by Gasteiger charge is 2.59. The van der Waals surface area contributed by atoms with E-state index in [1.165, 1.54) is 19.9 Å². The molecule has 0 aliphatic heterocycles. The average molecular weight is 359 g/mol. The van der Waals surface area contributed by atoms with Gasteiger partial charge < -0.3 is 4.18 Å². The molecule has 25 heavy (non-hydrogen) atoms. The first-order valence-corrected chi connectivity index (χ1v) is 10.7. The largest absolute Gasteiger partial charge is 0.325 e. The Kier molecular flexibility index (Phi) is 4.20. The predicted molar refractivity (Wildman–Crippen MR) is 105 cm³/mol. The molecule has 6 atom stereocenters. The van der Waals surface area contributed by atoms with Gasteiger partial charge in [0.2, 0.25) is 7.09 Å². The Hall–Kier alpha value is -0.475. The van der Waals surface area contributed by atoms with Crippen LogP contribution in [0.1, 0.15) is 65.7 Å². The summed E-state index contributed by atoms with van der Waals surface area (Å²) in [4.78, 5) is 12.6. The summed E-state index contributed by atoms with van der Waals surface area (Å²) in [5.74, 6) is 2.29. The maximum atomic E-state index is 12.6. The molecule has 0 amide bonds. The molecule has 2 nitrogen and oxygen atoms in total. The first-order valence-electron chi connectivity index (χ1n) is 10.4. The normalized spacial score (nSPS) is 48.3. The second kappa shape index (κ2) is 6.30. The van der Waals surface area contributed by atoms with Crippen LogP contribution in [0.4, 0.5) is 0 Å². The summed E-state index contributed by atoms with van der Waals surface area (Å²) in [7, 11) is 1.27. The molecule has 0 bridgehead atoms. The second-order valence-electron chi connectivity index (χ2n) is 9.10. The minimum atomic E-state index is 0.107. The summed E-state index contributed by atoms with van der Waals surface area (Å²) in [6.07, 6.45) is 12.4. The van der Waals surface area contributed by atoms with E-state index in [9.17, 15) is 4.79 Å². The van der Waals surface area contributed by atoms with E-state index < -0.39 is 0 Å². The maximum absolute atomic E-state index is 12.6. The van der Waals surface area contributed by atoms with E-state index >= 15 is 0 Å². The highest BCUT2D eigenvalue weighted by atomic mass is 32.2. The van der Waals surface area contributed by atoms with E-state index in [-0.39, 0.29) is 16.9 Å². The van der Waals surface area contributed by atoms with Gasteiger partial charge >= 0.3 is 0 Å². The monoisotopic (exact) mass is 359 g/mol. The molecule has 0 saturated heterocycles. The van der Waals surface area contributed by atoms with Crippen LogP contribution in [0.2, 0.25) is 0 Å². The van der Waals surface area contributed by atoms with Crippen molar-refractivity contribution in [2.24, 2.45) is 28.6 Å². The van der Waals surface area contributed by atoms with E-state index in [1.807, 2.05) is 6.92 Å². The van der Waals surface area contributed by atoms with Crippen molar-refractivity contribution in [3.8, 4) is 0 Å². The zero-order chi connectivity index (χ0) is 18.5. The number of allylic oxidation sites excluding steroid dienone is 3. The van der Waals surface area contributed by atoms with Crippen molar-refractivity contribution in [3.05, 3.63) is 23.3 Å². The average Bonchev–Trinajstić information content (AvgIpc) is 2.89. The molecule has 0 N–H and O–H groups in total. The lowest BCUT2D eigenvalue weighted by Gasteiger charge is -2.57. The van der Waals surface area contributed by atoms with E-state index in [1.54, 1.807) is 5.57 Å². The van der Waals surface area contributed by atoms with Gasteiger partial charge in [-0.05, 0) is 80.9 Å². The number of Topliss-reactive ketones (excluding diaryl/α,β-unsaturated/α-hetero) is 1. The van der Waals surface area contributed by atoms with Crippen molar-refractivity contribution in [2.75, 3.05) is 0 Å². The van der Waals surface area contributed by atoms with Gasteiger partial charge in [-0.3, -0.25) is 4.79 Å². The van der Waals surface area contributed by atoms with Gasteiger partial charge in [0.1, 0.15) is 0 Å². The third-order valence-corrected chi connectivity index (χ3v) is 8.63. The molecule has 0 aromatic rings. The molecule has 1 radical (unpaired) electrons. The molecule has 4 rings (SSSR count). The number of ketones is 1. The molecule has 4 heteroatoms.